The molecule has 18 heavy (non-hydrogen) atoms. The van der Waals surface area contributed by atoms with Crippen molar-refractivity contribution < 1.29 is 4.79 Å². The van der Waals surface area contributed by atoms with Crippen LogP contribution in [0.4, 0.5) is 5.69 Å². The molecule has 1 aromatic rings. The number of nitrogens with one attached hydrogen (secondary N) is 1. The van der Waals surface area contributed by atoms with Crippen molar-refractivity contribution in [3.8, 4) is 0 Å². The zero-order chi connectivity index (χ0) is 13.1. The second-order valence-corrected chi connectivity index (χ2v) is 4.80. The van der Waals surface area contributed by atoms with Crippen LogP contribution in [-0.4, -0.2) is 16.5 Å². The summed E-state index contributed by atoms with van der Waals surface area (Å²) in [5, 5.41) is 2.78. The van der Waals surface area contributed by atoms with Gasteiger partial charge in [0.25, 0.3) is 5.56 Å². The van der Waals surface area contributed by atoms with Gasteiger partial charge in [-0.1, -0.05) is 0 Å². The van der Waals surface area contributed by atoms with E-state index in [4.69, 9.17) is 5.73 Å². The maximum absolute atomic E-state index is 11.8. The molecule has 5 nitrogen and oxygen atoms in total. The zero-order valence-corrected chi connectivity index (χ0v) is 10.6. The van der Waals surface area contributed by atoms with E-state index in [2.05, 4.69) is 5.32 Å². The monoisotopic (exact) mass is 249 g/mol. The lowest BCUT2D eigenvalue weighted by Crippen LogP contribution is -2.29. The maximum Gasteiger partial charge on any atom is 0.250 e. The molecule has 5 heteroatoms. The van der Waals surface area contributed by atoms with E-state index in [0.717, 1.165) is 12.8 Å². The summed E-state index contributed by atoms with van der Waals surface area (Å²) in [5.41, 5.74) is 6.48. The van der Waals surface area contributed by atoms with Gasteiger partial charge in [-0.05, 0) is 31.7 Å². The Balaban J connectivity index is 1.95. The van der Waals surface area contributed by atoms with Crippen LogP contribution in [0.15, 0.2) is 23.1 Å². The molecule has 98 valence electrons. The second kappa shape index (κ2) is 5.35. The van der Waals surface area contributed by atoms with Crippen molar-refractivity contribution in [2.75, 3.05) is 5.32 Å². The van der Waals surface area contributed by atoms with E-state index in [-0.39, 0.29) is 17.5 Å². The number of carbonyl (C=O) groups is 1. The van der Waals surface area contributed by atoms with Crippen molar-refractivity contribution in [1.29, 1.82) is 0 Å². The molecule has 1 unspecified atom stereocenters. The van der Waals surface area contributed by atoms with Crippen molar-refractivity contribution in [3.63, 3.8) is 0 Å². The highest BCUT2D eigenvalue weighted by Crippen LogP contribution is 2.32. The molecule has 1 atom stereocenters. The van der Waals surface area contributed by atoms with Crippen LogP contribution in [0.2, 0.25) is 0 Å². The Morgan fingerprint density at radius 2 is 2.28 bits per heavy atom. The molecule has 1 fully saturated rings. The summed E-state index contributed by atoms with van der Waals surface area (Å²) in [6.45, 7) is 2.47. The Kier molecular flexibility index (Phi) is 3.81. The Morgan fingerprint density at radius 3 is 2.89 bits per heavy atom. The van der Waals surface area contributed by atoms with Crippen LogP contribution in [0.1, 0.15) is 26.2 Å². The van der Waals surface area contributed by atoms with Crippen molar-refractivity contribution in [2.24, 2.45) is 11.7 Å². The molecule has 0 spiro atoms. The molecular formula is C13H19N3O2. The van der Waals surface area contributed by atoms with Gasteiger partial charge in [0.15, 0.2) is 0 Å². The van der Waals surface area contributed by atoms with Gasteiger partial charge in [0, 0.05) is 31.3 Å². The van der Waals surface area contributed by atoms with Gasteiger partial charge in [-0.2, -0.15) is 0 Å². The number of carbonyl (C=O) groups excluding carboxylic acids is 1. The molecule has 1 saturated carbocycles. The van der Waals surface area contributed by atoms with Gasteiger partial charge < -0.3 is 15.6 Å². The molecule has 0 bridgehead atoms. The Labute approximate surface area is 106 Å². The Morgan fingerprint density at radius 1 is 1.56 bits per heavy atom. The first-order valence-corrected chi connectivity index (χ1v) is 6.36. The number of nitrogens with two attached hydrogens (primary N) is 1. The number of rotatable bonds is 5. The third-order valence-corrected chi connectivity index (χ3v) is 3.26. The number of nitrogens with zero attached hydrogens (tertiary/aromatic N) is 1. The lowest BCUT2D eigenvalue weighted by molar-refractivity contribution is -0.116. The number of pyridine rings is 1. The van der Waals surface area contributed by atoms with E-state index >= 15 is 0 Å². The van der Waals surface area contributed by atoms with Gasteiger partial charge in [0.1, 0.15) is 0 Å². The van der Waals surface area contributed by atoms with Gasteiger partial charge in [-0.25, -0.2) is 0 Å². The van der Waals surface area contributed by atoms with Gasteiger partial charge >= 0.3 is 0 Å². The standard InChI is InChI=1S/C13H19N3O2/c1-2-16-8-10(5-6-13(16)18)15-12(17)7-11(14)9-3-4-9/h5-6,8-9,11H,2-4,7,14H2,1H3,(H,15,17). The molecular weight excluding hydrogens is 230 g/mol. The largest absolute Gasteiger partial charge is 0.327 e. The first-order valence-electron chi connectivity index (χ1n) is 6.36. The molecule has 0 aromatic carbocycles. The fraction of sp³-hybridized carbons (Fsp3) is 0.538. The Bertz CT molecular complexity index is 491. The van der Waals surface area contributed by atoms with Crippen LogP contribution < -0.4 is 16.6 Å². The van der Waals surface area contributed by atoms with Crippen LogP contribution in [-0.2, 0) is 11.3 Å². The molecule has 1 aliphatic carbocycles. The highest BCUT2D eigenvalue weighted by molar-refractivity contribution is 5.90. The van der Waals surface area contributed by atoms with Crippen LogP contribution in [0, 0.1) is 5.92 Å². The number of hydrogen-bond donors (Lipinski definition) is 2. The molecule has 1 heterocycles. The van der Waals surface area contributed by atoms with E-state index in [1.807, 2.05) is 6.92 Å². The molecule has 0 saturated heterocycles. The maximum atomic E-state index is 11.8. The highest BCUT2D eigenvalue weighted by atomic mass is 16.1. The van der Waals surface area contributed by atoms with Crippen molar-refractivity contribution in [3.05, 3.63) is 28.7 Å². The molecule has 0 radical (unpaired) electrons. The summed E-state index contributed by atoms with van der Waals surface area (Å²) in [4.78, 5) is 23.2. The minimum Gasteiger partial charge on any atom is -0.327 e. The predicted molar refractivity (Wildman–Crippen MR) is 70.3 cm³/mol. The molecule has 1 aromatic heterocycles. The predicted octanol–water partition coefficient (Wildman–Crippen LogP) is 0.934. The average Bonchev–Trinajstić information content (AvgIpc) is 3.15. The van der Waals surface area contributed by atoms with E-state index in [1.165, 1.54) is 6.07 Å². The minimum atomic E-state index is -0.0873. The SMILES string of the molecule is CCn1cc(NC(=O)CC(N)C2CC2)ccc1=O. The average molecular weight is 249 g/mol. The van der Waals surface area contributed by atoms with Gasteiger partial charge in [0.05, 0.1) is 5.69 Å². The van der Waals surface area contributed by atoms with Crippen molar-refractivity contribution >= 4 is 11.6 Å². The summed E-state index contributed by atoms with van der Waals surface area (Å²) < 4.78 is 1.55. The topological polar surface area (TPSA) is 77.1 Å². The fourth-order valence-electron chi connectivity index (χ4n) is 1.97. The highest BCUT2D eigenvalue weighted by Gasteiger charge is 2.29. The van der Waals surface area contributed by atoms with Gasteiger partial charge in [0.2, 0.25) is 5.91 Å². The third kappa shape index (κ3) is 3.20. The summed E-state index contributed by atoms with van der Waals surface area (Å²) >= 11 is 0. The van der Waals surface area contributed by atoms with E-state index in [1.54, 1.807) is 16.8 Å². The summed E-state index contributed by atoms with van der Waals surface area (Å²) in [5.74, 6) is 0.427. The van der Waals surface area contributed by atoms with Gasteiger partial charge in [-0.3, -0.25) is 9.59 Å². The van der Waals surface area contributed by atoms with E-state index in [9.17, 15) is 9.59 Å². The van der Waals surface area contributed by atoms with Crippen LogP contribution in [0.25, 0.3) is 0 Å². The minimum absolute atomic E-state index is 0.0397. The number of hydrogen-bond acceptors (Lipinski definition) is 3. The quantitative estimate of drug-likeness (QED) is 0.815. The van der Waals surface area contributed by atoms with Crippen LogP contribution in [0.5, 0.6) is 0 Å². The Hall–Kier alpha value is -1.62. The number of aryl methyl sites for hydroxylation is 1. The summed E-state index contributed by atoms with van der Waals surface area (Å²) in [6.07, 6.45) is 4.27. The van der Waals surface area contributed by atoms with E-state index < -0.39 is 0 Å². The smallest absolute Gasteiger partial charge is 0.250 e. The number of aromatic nitrogens is 1. The lowest BCUT2D eigenvalue weighted by Gasteiger charge is -2.11. The van der Waals surface area contributed by atoms with Crippen LogP contribution >= 0.6 is 0 Å². The molecule has 1 amide bonds. The van der Waals surface area contributed by atoms with E-state index in [0.29, 0.717) is 24.6 Å². The first kappa shape index (κ1) is 12.8. The second-order valence-electron chi connectivity index (χ2n) is 4.80. The molecule has 2 rings (SSSR count). The third-order valence-electron chi connectivity index (χ3n) is 3.26. The lowest BCUT2D eigenvalue weighted by atomic mass is 10.1. The normalized spacial score (nSPS) is 16.3. The zero-order valence-electron chi connectivity index (χ0n) is 10.6. The summed E-state index contributed by atoms with van der Waals surface area (Å²) in [6, 6.07) is 3.04. The molecule has 1 aliphatic rings. The van der Waals surface area contributed by atoms with Crippen molar-refractivity contribution in [1.82, 2.24) is 4.57 Å². The number of anilines is 1. The van der Waals surface area contributed by atoms with Gasteiger partial charge in [-0.15, -0.1) is 0 Å². The number of amides is 1. The molecule has 0 aliphatic heterocycles. The summed E-state index contributed by atoms with van der Waals surface area (Å²) in [7, 11) is 0. The fourth-order valence-corrected chi connectivity index (χ4v) is 1.97. The van der Waals surface area contributed by atoms with Crippen LogP contribution in [0.3, 0.4) is 0 Å². The first-order chi connectivity index (χ1) is 8.60. The molecule has 3 N–H and O–H groups in total. The van der Waals surface area contributed by atoms with Crippen molar-refractivity contribution in [2.45, 2.75) is 38.8 Å².